The van der Waals surface area contributed by atoms with Gasteiger partial charge in [-0.25, -0.2) is 14.3 Å². The summed E-state index contributed by atoms with van der Waals surface area (Å²) in [5, 5.41) is 16.4. The Balaban J connectivity index is 2.32. The molecule has 6 heteroatoms. The normalized spacial score (nSPS) is 12.6. The average Bonchev–Trinajstić information content (AvgIpc) is 2.69. The van der Waals surface area contributed by atoms with Crippen LogP contribution in [-0.2, 0) is 4.79 Å². The molecule has 1 unspecified atom stereocenters. The average molecular weight is 248 g/mol. The zero-order chi connectivity index (χ0) is 13.1. The second-order valence-electron chi connectivity index (χ2n) is 4.22. The highest BCUT2D eigenvalue weighted by molar-refractivity contribution is 5.79. The molecule has 0 aliphatic carbocycles. The molecule has 0 amide bonds. The van der Waals surface area contributed by atoms with E-state index in [1.165, 1.54) is 0 Å². The van der Waals surface area contributed by atoms with Crippen LogP contribution in [0.3, 0.4) is 0 Å². The van der Waals surface area contributed by atoms with Crippen molar-refractivity contribution in [1.82, 2.24) is 14.6 Å². The molecule has 0 radical (unpaired) electrons. The van der Waals surface area contributed by atoms with Crippen LogP contribution in [0.15, 0.2) is 18.5 Å². The number of aryl methyl sites for hydroxylation is 1. The molecule has 18 heavy (non-hydrogen) atoms. The molecule has 0 saturated heterocycles. The SMILES string of the molecule is CCCC(Nc1nccn2nc(C)cc12)C(=O)O. The van der Waals surface area contributed by atoms with Gasteiger partial charge in [0.05, 0.1) is 5.69 Å². The molecule has 96 valence electrons. The van der Waals surface area contributed by atoms with E-state index in [-0.39, 0.29) is 0 Å². The third kappa shape index (κ3) is 2.42. The molecule has 1 atom stereocenters. The molecular formula is C12H16N4O2. The Morgan fingerprint density at radius 1 is 1.61 bits per heavy atom. The largest absolute Gasteiger partial charge is 0.480 e. The molecule has 2 aromatic heterocycles. The Morgan fingerprint density at radius 2 is 2.39 bits per heavy atom. The van der Waals surface area contributed by atoms with Crippen LogP contribution in [-0.4, -0.2) is 31.7 Å². The van der Waals surface area contributed by atoms with Gasteiger partial charge in [-0.05, 0) is 19.4 Å². The van der Waals surface area contributed by atoms with Crippen molar-refractivity contribution in [3.63, 3.8) is 0 Å². The summed E-state index contributed by atoms with van der Waals surface area (Å²) in [7, 11) is 0. The summed E-state index contributed by atoms with van der Waals surface area (Å²) >= 11 is 0. The second-order valence-corrected chi connectivity index (χ2v) is 4.22. The Labute approximate surface area is 105 Å². The lowest BCUT2D eigenvalue weighted by Crippen LogP contribution is -2.29. The lowest BCUT2D eigenvalue weighted by atomic mass is 10.1. The van der Waals surface area contributed by atoms with Gasteiger partial charge in [0.25, 0.3) is 0 Å². The number of anilines is 1. The maximum absolute atomic E-state index is 11.1. The van der Waals surface area contributed by atoms with Crippen LogP contribution in [0.1, 0.15) is 25.5 Å². The molecule has 0 aliphatic heterocycles. The second kappa shape index (κ2) is 5.03. The fourth-order valence-electron chi connectivity index (χ4n) is 1.87. The number of hydrogen-bond donors (Lipinski definition) is 2. The van der Waals surface area contributed by atoms with Crippen LogP contribution < -0.4 is 5.32 Å². The summed E-state index contributed by atoms with van der Waals surface area (Å²) in [6.45, 7) is 3.84. The van der Waals surface area contributed by atoms with Crippen LogP contribution in [0.4, 0.5) is 5.82 Å². The lowest BCUT2D eigenvalue weighted by Gasteiger charge is -2.14. The molecule has 0 bridgehead atoms. The Kier molecular flexibility index (Phi) is 3.45. The number of hydrogen-bond acceptors (Lipinski definition) is 4. The number of aromatic nitrogens is 3. The van der Waals surface area contributed by atoms with E-state index in [0.717, 1.165) is 17.6 Å². The summed E-state index contributed by atoms with van der Waals surface area (Å²) < 4.78 is 1.69. The van der Waals surface area contributed by atoms with Crippen LogP contribution in [0.2, 0.25) is 0 Å². The highest BCUT2D eigenvalue weighted by Gasteiger charge is 2.18. The van der Waals surface area contributed by atoms with Gasteiger partial charge in [0.1, 0.15) is 11.6 Å². The summed E-state index contributed by atoms with van der Waals surface area (Å²) in [6.07, 6.45) is 4.70. The van der Waals surface area contributed by atoms with Crippen molar-refractivity contribution < 1.29 is 9.90 Å². The van der Waals surface area contributed by atoms with Crippen LogP contribution in [0.5, 0.6) is 0 Å². The van der Waals surface area contributed by atoms with Crippen molar-refractivity contribution in [2.45, 2.75) is 32.7 Å². The third-order valence-corrected chi connectivity index (χ3v) is 2.70. The van der Waals surface area contributed by atoms with Crippen molar-refractivity contribution in [3.8, 4) is 0 Å². The van der Waals surface area contributed by atoms with Crippen LogP contribution >= 0.6 is 0 Å². The number of nitrogens with zero attached hydrogens (tertiary/aromatic N) is 3. The first-order valence-electron chi connectivity index (χ1n) is 5.92. The number of carboxylic acids is 1. The number of fused-ring (bicyclic) bond motifs is 1. The highest BCUT2D eigenvalue weighted by Crippen LogP contribution is 2.16. The van der Waals surface area contributed by atoms with Crippen molar-refractivity contribution in [2.75, 3.05) is 5.32 Å². The first kappa shape index (κ1) is 12.3. The molecule has 2 aromatic rings. The van der Waals surface area contributed by atoms with Crippen molar-refractivity contribution in [3.05, 3.63) is 24.2 Å². The number of rotatable bonds is 5. The topological polar surface area (TPSA) is 79.5 Å². The van der Waals surface area contributed by atoms with Gasteiger partial charge < -0.3 is 10.4 Å². The molecule has 0 aliphatic rings. The minimum atomic E-state index is -0.864. The van der Waals surface area contributed by atoms with Gasteiger partial charge in [0.15, 0.2) is 5.82 Å². The highest BCUT2D eigenvalue weighted by atomic mass is 16.4. The lowest BCUT2D eigenvalue weighted by molar-refractivity contribution is -0.138. The smallest absolute Gasteiger partial charge is 0.326 e. The van der Waals surface area contributed by atoms with Gasteiger partial charge in [0, 0.05) is 12.4 Å². The molecule has 2 rings (SSSR count). The van der Waals surface area contributed by atoms with Gasteiger partial charge in [-0.2, -0.15) is 5.10 Å². The monoisotopic (exact) mass is 248 g/mol. The molecule has 0 saturated carbocycles. The maximum atomic E-state index is 11.1. The van der Waals surface area contributed by atoms with E-state index >= 15 is 0 Å². The van der Waals surface area contributed by atoms with E-state index in [0.29, 0.717) is 12.2 Å². The minimum Gasteiger partial charge on any atom is -0.480 e. The summed E-state index contributed by atoms with van der Waals surface area (Å²) in [6, 6.07) is 1.25. The van der Waals surface area contributed by atoms with E-state index in [1.807, 2.05) is 19.9 Å². The molecular weight excluding hydrogens is 232 g/mol. The quantitative estimate of drug-likeness (QED) is 0.842. The van der Waals surface area contributed by atoms with Crippen molar-refractivity contribution >= 4 is 17.3 Å². The molecule has 2 N–H and O–H groups in total. The fourth-order valence-corrected chi connectivity index (χ4v) is 1.87. The summed E-state index contributed by atoms with van der Waals surface area (Å²) in [5.74, 6) is -0.309. The Hall–Kier alpha value is -2.11. The molecule has 6 nitrogen and oxygen atoms in total. The van der Waals surface area contributed by atoms with Gasteiger partial charge >= 0.3 is 5.97 Å². The first-order valence-corrected chi connectivity index (χ1v) is 5.92. The van der Waals surface area contributed by atoms with E-state index < -0.39 is 12.0 Å². The van der Waals surface area contributed by atoms with E-state index in [2.05, 4.69) is 15.4 Å². The number of aliphatic carboxylic acids is 1. The van der Waals surface area contributed by atoms with Crippen molar-refractivity contribution in [2.24, 2.45) is 0 Å². The van der Waals surface area contributed by atoms with Crippen molar-refractivity contribution in [1.29, 1.82) is 0 Å². The maximum Gasteiger partial charge on any atom is 0.326 e. The predicted octanol–water partition coefficient (Wildman–Crippen LogP) is 1.70. The van der Waals surface area contributed by atoms with Crippen LogP contribution in [0, 0.1) is 6.92 Å². The molecule has 0 spiro atoms. The summed E-state index contributed by atoms with van der Waals surface area (Å²) in [5.41, 5.74) is 1.66. The van der Waals surface area contributed by atoms with E-state index in [1.54, 1.807) is 16.9 Å². The van der Waals surface area contributed by atoms with Crippen LogP contribution in [0.25, 0.3) is 5.52 Å². The predicted molar refractivity (Wildman–Crippen MR) is 67.7 cm³/mol. The molecule has 0 fully saturated rings. The van der Waals surface area contributed by atoms with E-state index in [4.69, 9.17) is 5.11 Å². The Bertz CT molecular complexity index is 564. The summed E-state index contributed by atoms with van der Waals surface area (Å²) in [4.78, 5) is 15.3. The molecule has 0 aromatic carbocycles. The zero-order valence-corrected chi connectivity index (χ0v) is 10.4. The number of carbonyl (C=O) groups is 1. The Morgan fingerprint density at radius 3 is 3.06 bits per heavy atom. The number of nitrogens with one attached hydrogen (secondary N) is 1. The van der Waals surface area contributed by atoms with Gasteiger partial charge in [-0.1, -0.05) is 13.3 Å². The number of carboxylic acid groups (broad SMARTS) is 1. The minimum absolute atomic E-state index is 0.555. The van der Waals surface area contributed by atoms with Gasteiger partial charge in [-0.15, -0.1) is 0 Å². The standard InChI is InChI=1S/C12H16N4O2/c1-3-4-9(12(17)18)14-11-10-7-8(2)15-16(10)6-5-13-11/h5-7,9H,3-4H2,1-2H3,(H,13,14)(H,17,18). The van der Waals surface area contributed by atoms with E-state index in [9.17, 15) is 4.79 Å². The zero-order valence-electron chi connectivity index (χ0n) is 10.4. The third-order valence-electron chi connectivity index (χ3n) is 2.70. The molecule has 2 heterocycles. The van der Waals surface area contributed by atoms with Gasteiger partial charge in [-0.3, -0.25) is 0 Å². The first-order chi connectivity index (χ1) is 8.61. The van der Waals surface area contributed by atoms with Gasteiger partial charge in [0.2, 0.25) is 0 Å². The fraction of sp³-hybridized carbons (Fsp3) is 0.417.